The van der Waals surface area contributed by atoms with Crippen LogP contribution in [0.4, 0.5) is 0 Å². The lowest BCUT2D eigenvalue weighted by atomic mass is 10.1. The monoisotopic (exact) mass is 490 g/mol. The van der Waals surface area contributed by atoms with E-state index < -0.39 is 11.1 Å². The van der Waals surface area contributed by atoms with Gasteiger partial charge in [0, 0.05) is 30.1 Å². The van der Waals surface area contributed by atoms with Crippen molar-refractivity contribution < 1.29 is 13.5 Å². The highest BCUT2D eigenvalue weighted by atomic mass is 32.2. The summed E-state index contributed by atoms with van der Waals surface area (Å²) < 4.78 is 28.9. The van der Waals surface area contributed by atoms with Crippen LogP contribution in [0.15, 0.2) is 72.0 Å². The SMILES string of the molecule is CC(C)(CN1CCCCC1)Oc1ccc(-c2cnc3c(-c4cccc(S(=O)O)c4)cnn3c2)cc1. The highest BCUT2D eigenvalue weighted by molar-refractivity contribution is 7.79. The number of benzene rings is 2. The zero-order chi connectivity index (χ0) is 24.4. The number of hydrogen-bond donors (Lipinski definition) is 1. The Morgan fingerprint density at radius 2 is 1.77 bits per heavy atom. The number of rotatable bonds is 7. The Morgan fingerprint density at radius 1 is 1.00 bits per heavy atom. The van der Waals surface area contributed by atoms with E-state index in [4.69, 9.17) is 4.74 Å². The van der Waals surface area contributed by atoms with E-state index >= 15 is 0 Å². The van der Waals surface area contributed by atoms with Crippen LogP contribution < -0.4 is 4.74 Å². The van der Waals surface area contributed by atoms with E-state index in [0.717, 1.165) is 47.6 Å². The summed E-state index contributed by atoms with van der Waals surface area (Å²) in [5, 5.41) is 4.46. The van der Waals surface area contributed by atoms with Crippen LogP contribution in [0, 0.1) is 0 Å². The van der Waals surface area contributed by atoms with Gasteiger partial charge >= 0.3 is 0 Å². The molecule has 1 aliphatic heterocycles. The fourth-order valence-corrected chi connectivity index (χ4v) is 5.15. The topological polar surface area (TPSA) is 80.0 Å². The fraction of sp³-hybridized carbons (Fsp3) is 0.333. The first-order valence-corrected chi connectivity index (χ1v) is 13.1. The van der Waals surface area contributed by atoms with Crippen LogP contribution in [0.25, 0.3) is 27.9 Å². The molecule has 8 heteroatoms. The van der Waals surface area contributed by atoms with Crippen LogP contribution in [0.5, 0.6) is 5.75 Å². The number of fused-ring (bicyclic) bond motifs is 1. The summed E-state index contributed by atoms with van der Waals surface area (Å²) in [5.41, 5.74) is 4.00. The molecule has 0 spiro atoms. The number of piperidine rings is 1. The summed E-state index contributed by atoms with van der Waals surface area (Å²) in [6.45, 7) is 7.53. The van der Waals surface area contributed by atoms with Crippen LogP contribution in [0.3, 0.4) is 0 Å². The van der Waals surface area contributed by atoms with Crippen molar-refractivity contribution in [1.82, 2.24) is 19.5 Å². The van der Waals surface area contributed by atoms with Gasteiger partial charge in [-0.3, -0.25) is 4.90 Å². The Balaban J connectivity index is 1.32. The third kappa shape index (κ3) is 5.45. The molecule has 5 rings (SSSR count). The molecule has 0 radical (unpaired) electrons. The number of likely N-dealkylation sites (tertiary alicyclic amines) is 1. The van der Waals surface area contributed by atoms with E-state index in [1.807, 2.05) is 42.7 Å². The summed E-state index contributed by atoms with van der Waals surface area (Å²) in [7, 11) is 0. The van der Waals surface area contributed by atoms with Crippen LogP contribution in [-0.2, 0) is 11.1 Å². The molecule has 1 saturated heterocycles. The predicted molar refractivity (Wildman–Crippen MR) is 138 cm³/mol. The van der Waals surface area contributed by atoms with Crippen molar-refractivity contribution in [2.45, 2.75) is 43.6 Å². The summed E-state index contributed by atoms with van der Waals surface area (Å²) in [5.74, 6) is 0.854. The Labute approximate surface area is 208 Å². The van der Waals surface area contributed by atoms with Crippen LogP contribution in [-0.4, -0.2) is 53.5 Å². The van der Waals surface area contributed by atoms with Crippen molar-refractivity contribution in [3.05, 3.63) is 67.1 Å². The average molecular weight is 491 g/mol. The van der Waals surface area contributed by atoms with E-state index in [1.165, 1.54) is 19.3 Å². The van der Waals surface area contributed by atoms with Gasteiger partial charge in [-0.15, -0.1) is 0 Å². The molecule has 2 aromatic heterocycles. The van der Waals surface area contributed by atoms with Gasteiger partial charge in [-0.05, 0) is 75.2 Å². The lowest BCUT2D eigenvalue weighted by Crippen LogP contribution is -2.44. The maximum absolute atomic E-state index is 11.4. The molecular formula is C27H30N4O3S. The van der Waals surface area contributed by atoms with E-state index in [-0.39, 0.29) is 5.60 Å². The molecule has 1 atom stereocenters. The first-order chi connectivity index (χ1) is 16.9. The Hall–Kier alpha value is -3.07. The molecule has 0 bridgehead atoms. The molecule has 35 heavy (non-hydrogen) atoms. The van der Waals surface area contributed by atoms with Gasteiger partial charge in [0.2, 0.25) is 0 Å². The third-order valence-electron chi connectivity index (χ3n) is 6.34. The van der Waals surface area contributed by atoms with Crippen molar-refractivity contribution in [2.75, 3.05) is 19.6 Å². The van der Waals surface area contributed by atoms with Gasteiger partial charge in [-0.1, -0.05) is 30.7 Å². The van der Waals surface area contributed by atoms with Gasteiger partial charge in [0.25, 0.3) is 0 Å². The highest BCUT2D eigenvalue weighted by Crippen LogP contribution is 2.28. The predicted octanol–water partition coefficient (Wildman–Crippen LogP) is 5.29. The number of aromatic nitrogens is 3. The molecule has 0 aliphatic carbocycles. The van der Waals surface area contributed by atoms with Crippen molar-refractivity contribution >= 4 is 16.7 Å². The van der Waals surface area contributed by atoms with E-state index in [0.29, 0.717) is 10.5 Å². The lowest BCUT2D eigenvalue weighted by Gasteiger charge is -2.35. The zero-order valence-corrected chi connectivity index (χ0v) is 20.9. The normalized spacial score (nSPS) is 15.9. The van der Waals surface area contributed by atoms with E-state index in [1.54, 1.807) is 28.9 Å². The quantitative estimate of drug-likeness (QED) is 0.355. The van der Waals surface area contributed by atoms with E-state index in [9.17, 15) is 8.76 Å². The molecule has 1 aliphatic rings. The summed E-state index contributed by atoms with van der Waals surface area (Å²) in [4.78, 5) is 7.48. The summed E-state index contributed by atoms with van der Waals surface area (Å²) >= 11 is -2.03. The first kappa shape index (κ1) is 23.7. The van der Waals surface area contributed by atoms with Crippen LogP contribution in [0.2, 0.25) is 0 Å². The number of ether oxygens (including phenoxy) is 1. The van der Waals surface area contributed by atoms with Gasteiger partial charge < -0.3 is 9.29 Å². The molecule has 7 nitrogen and oxygen atoms in total. The van der Waals surface area contributed by atoms with Crippen molar-refractivity contribution in [3.63, 3.8) is 0 Å². The minimum atomic E-state index is -2.03. The molecule has 4 aromatic rings. The standard InChI is InChI=1S/C27H30N4O3S/c1-27(2,19-30-13-4-3-5-14-30)34-23-11-9-20(10-12-23)22-16-28-26-25(17-29-31(26)18-22)21-7-6-8-24(15-21)35(32)33/h6-12,15-18H,3-5,13-14,19H2,1-2H3,(H,32,33). The second-order valence-corrected chi connectivity index (χ2v) is 10.6. The molecule has 3 heterocycles. The minimum Gasteiger partial charge on any atom is -0.487 e. The Bertz CT molecular complexity index is 1340. The van der Waals surface area contributed by atoms with E-state index in [2.05, 4.69) is 28.8 Å². The van der Waals surface area contributed by atoms with Gasteiger partial charge in [-0.2, -0.15) is 5.10 Å². The molecule has 1 fully saturated rings. The average Bonchev–Trinajstić information content (AvgIpc) is 3.28. The fourth-order valence-electron chi connectivity index (χ4n) is 4.72. The zero-order valence-electron chi connectivity index (χ0n) is 20.1. The molecule has 1 unspecified atom stereocenters. The molecular weight excluding hydrogens is 460 g/mol. The number of nitrogens with zero attached hydrogens (tertiary/aromatic N) is 4. The highest BCUT2D eigenvalue weighted by Gasteiger charge is 2.24. The van der Waals surface area contributed by atoms with Crippen molar-refractivity contribution in [2.24, 2.45) is 0 Å². The second-order valence-electron chi connectivity index (χ2n) is 9.67. The first-order valence-electron chi connectivity index (χ1n) is 11.9. The smallest absolute Gasteiger partial charge is 0.186 e. The van der Waals surface area contributed by atoms with Gasteiger partial charge in [0.15, 0.2) is 16.7 Å². The lowest BCUT2D eigenvalue weighted by molar-refractivity contribution is 0.0520. The van der Waals surface area contributed by atoms with Gasteiger partial charge in [0.1, 0.15) is 11.4 Å². The van der Waals surface area contributed by atoms with Crippen molar-refractivity contribution in [3.8, 4) is 28.0 Å². The minimum absolute atomic E-state index is 0.259. The molecule has 2 aromatic carbocycles. The summed E-state index contributed by atoms with van der Waals surface area (Å²) in [6, 6.07) is 15.0. The molecule has 0 saturated carbocycles. The van der Waals surface area contributed by atoms with Crippen molar-refractivity contribution in [1.29, 1.82) is 0 Å². The maximum atomic E-state index is 11.4. The largest absolute Gasteiger partial charge is 0.487 e. The molecule has 0 amide bonds. The Kier molecular flexibility index (Phi) is 6.69. The summed E-state index contributed by atoms with van der Waals surface area (Å²) in [6.07, 6.45) is 9.38. The molecule has 182 valence electrons. The Morgan fingerprint density at radius 3 is 2.51 bits per heavy atom. The third-order valence-corrected chi connectivity index (χ3v) is 7.00. The van der Waals surface area contributed by atoms with Gasteiger partial charge in [0.05, 0.1) is 11.1 Å². The van der Waals surface area contributed by atoms with Crippen LogP contribution >= 0.6 is 0 Å². The molecule has 1 N–H and O–H groups in total. The van der Waals surface area contributed by atoms with Crippen LogP contribution in [0.1, 0.15) is 33.1 Å². The maximum Gasteiger partial charge on any atom is 0.186 e. The van der Waals surface area contributed by atoms with Gasteiger partial charge in [-0.25, -0.2) is 13.7 Å². The number of hydrogen-bond acceptors (Lipinski definition) is 5. The second kappa shape index (κ2) is 9.89.